The van der Waals surface area contributed by atoms with E-state index in [-0.39, 0.29) is 6.54 Å². The van der Waals surface area contributed by atoms with Crippen LogP contribution in [0.25, 0.3) is 10.6 Å². The molecule has 3 aromatic rings. The van der Waals surface area contributed by atoms with E-state index >= 15 is 0 Å². The van der Waals surface area contributed by atoms with Gasteiger partial charge >= 0.3 is 0 Å². The van der Waals surface area contributed by atoms with Crippen molar-refractivity contribution in [2.24, 2.45) is 0 Å². The zero-order chi connectivity index (χ0) is 17.8. The van der Waals surface area contributed by atoms with Gasteiger partial charge in [-0.25, -0.2) is 13.8 Å². The Morgan fingerprint density at radius 2 is 1.88 bits per heavy atom. The minimum absolute atomic E-state index is 0.254. The number of halogens is 2. The summed E-state index contributed by atoms with van der Waals surface area (Å²) < 4.78 is 27.1. The van der Waals surface area contributed by atoms with Crippen LogP contribution in [0.4, 0.5) is 8.78 Å². The van der Waals surface area contributed by atoms with Crippen molar-refractivity contribution in [2.75, 3.05) is 6.54 Å². The molecular formula is C19H16F2N2OS. The number of amides is 1. The second-order valence-corrected chi connectivity index (χ2v) is 6.47. The highest BCUT2D eigenvalue weighted by molar-refractivity contribution is 7.13. The topological polar surface area (TPSA) is 42.0 Å². The molecule has 0 spiro atoms. The van der Waals surface area contributed by atoms with Crippen molar-refractivity contribution in [3.63, 3.8) is 0 Å². The first-order valence-electron chi connectivity index (χ1n) is 7.78. The molecule has 1 aromatic heterocycles. The average Bonchev–Trinajstić information content (AvgIpc) is 3.04. The molecule has 0 aliphatic carbocycles. The van der Waals surface area contributed by atoms with Gasteiger partial charge < -0.3 is 5.32 Å². The highest BCUT2D eigenvalue weighted by atomic mass is 32.1. The van der Waals surface area contributed by atoms with Crippen molar-refractivity contribution in [2.45, 2.75) is 13.3 Å². The van der Waals surface area contributed by atoms with Gasteiger partial charge in [0, 0.05) is 23.9 Å². The Kier molecular flexibility index (Phi) is 5.19. The van der Waals surface area contributed by atoms with Crippen LogP contribution in [0, 0.1) is 18.6 Å². The van der Waals surface area contributed by atoms with Crippen molar-refractivity contribution in [3.05, 3.63) is 76.3 Å². The number of rotatable bonds is 5. The highest BCUT2D eigenvalue weighted by Gasteiger charge is 2.16. The number of carbonyl (C=O) groups excluding carboxylic acids is 1. The molecule has 0 saturated heterocycles. The van der Waals surface area contributed by atoms with E-state index in [2.05, 4.69) is 16.4 Å². The molecule has 25 heavy (non-hydrogen) atoms. The normalized spacial score (nSPS) is 10.7. The molecule has 1 heterocycles. The van der Waals surface area contributed by atoms with Crippen LogP contribution in [0.3, 0.4) is 0 Å². The maximum Gasteiger partial charge on any atom is 0.257 e. The molecule has 0 unspecified atom stereocenters. The molecule has 0 aliphatic heterocycles. The third-order valence-corrected chi connectivity index (χ3v) is 4.61. The van der Waals surface area contributed by atoms with Gasteiger partial charge in [-0.15, -0.1) is 11.3 Å². The van der Waals surface area contributed by atoms with Gasteiger partial charge in [0.25, 0.3) is 5.91 Å². The molecule has 0 atom stereocenters. The molecule has 3 rings (SSSR count). The highest BCUT2D eigenvalue weighted by Crippen LogP contribution is 2.24. The van der Waals surface area contributed by atoms with E-state index < -0.39 is 23.1 Å². The van der Waals surface area contributed by atoms with E-state index in [4.69, 9.17) is 0 Å². The zero-order valence-corrected chi connectivity index (χ0v) is 14.4. The van der Waals surface area contributed by atoms with E-state index in [1.807, 2.05) is 30.5 Å². The number of aromatic nitrogens is 1. The van der Waals surface area contributed by atoms with Crippen LogP contribution in [0.5, 0.6) is 0 Å². The first-order valence-corrected chi connectivity index (χ1v) is 8.66. The molecule has 3 nitrogen and oxygen atoms in total. The van der Waals surface area contributed by atoms with Gasteiger partial charge in [-0.1, -0.05) is 29.8 Å². The Labute approximate surface area is 148 Å². The first-order chi connectivity index (χ1) is 12.0. The zero-order valence-electron chi connectivity index (χ0n) is 13.6. The second kappa shape index (κ2) is 7.53. The molecule has 0 aliphatic rings. The van der Waals surface area contributed by atoms with E-state index in [0.29, 0.717) is 6.42 Å². The van der Waals surface area contributed by atoms with Gasteiger partial charge in [0.1, 0.15) is 22.2 Å². The summed E-state index contributed by atoms with van der Waals surface area (Å²) in [5.74, 6) is -2.49. The molecular weight excluding hydrogens is 342 g/mol. The van der Waals surface area contributed by atoms with E-state index in [1.54, 1.807) is 0 Å². The molecule has 2 aromatic carbocycles. The SMILES string of the molecule is Cc1cccc(-c2nc(CCNC(=O)c3c(F)cccc3F)cs2)c1. The third kappa shape index (κ3) is 4.09. The largest absolute Gasteiger partial charge is 0.351 e. The second-order valence-electron chi connectivity index (χ2n) is 5.62. The quantitative estimate of drug-likeness (QED) is 0.736. The molecule has 0 fully saturated rings. The number of aryl methyl sites for hydroxylation is 1. The summed E-state index contributed by atoms with van der Waals surface area (Å²) in [4.78, 5) is 16.5. The summed E-state index contributed by atoms with van der Waals surface area (Å²) in [5.41, 5.74) is 2.49. The van der Waals surface area contributed by atoms with E-state index in [9.17, 15) is 13.6 Å². The van der Waals surface area contributed by atoms with Gasteiger partial charge in [0.2, 0.25) is 0 Å². The standard InChI is InChI=1S/C19H16F2N2OS/c1-12-4-2-5-13(10-12)19-23-14(11-25-19)8-9-22-18(24)17-15(20)6-3-7-16(17)21/h2-7,10-11H,8-9H2,1H3,(H,22,24). The predicted molar refractivity (Wildman–Crippen MR) is 94.7 cm³/mol. The van der Waals surface area contributed by atoms with Crippen molar-refractivity contribution in [1.29, 1.82) is 0 Å². The van der Waals surface area contributed by atoms with Crippen LogP contribution >= 0.6 is 11.3 Å². The van der Waals surface area contributed by atoms with Gasteiger partial charge in [-0.2, -0.15) is 0 Å². The summed E-state index contributed by atoms with van der Waals surface area (Å²) in [6.07, 6.45) is 0.490. The lowest BCUT2D eigenvalue weighted by atomic mass is 10.1. The minimum Gasteiger partial charge on any atom is -0.351 e. The Hall–Kier alpha value is -2.60. The summed E-state index contributed by atoms with van der Waals surface area (Å²) in [5, 5.41) is 5.36. The Morgan fingerprint density at radius 3 is 2.60 bits per heavy atom. The van der Waals surface area contributed by atoms with Crippen molar-refractivity contribution in [3.8, 4) is 10.6 Å². The summed E-state index contributed by atoms with van der Waals surface area (Å²) >= 11 is 1.53. The summed E-state index contributed by atoms with van der Waals surface area (Å²) in [7, 11) is 0. The molecule has 1 amide bonds. The predicted octanol–water partition coefficient (Wildman–Crippen LogP) is 4.37. The Morgan fingerprint density at radius 1 is 1.16 bits per heavy atom. The van der Waals surface area contributed by atoms with Crippen molar-refractivity contribution >= 4 is 17.2 Å². The fourth-order valence-corrected chi connectivity index (χ4v) is 3.29. The molecule has 0 bridgehead atoms. The number of nitrogens with zero attached hydrogens (tertiary/aromatic N) is 1. The van der Waals surface area contributed by atoms with Crippen LogP contribution in [-0.4, -0.2) is 17.4 Å². The van der Waals surface area contributed by atoms with E-state index in [0.717, 1.165) is 34.0 Å². The maximum atomic E-state index is 13.6. The number of benzene rings is 2. The average molecular weight is 358 g/mol. The van der Waals surface area contributed by atoms with Gasteiger partial charge in [-0.3, -0.25) is 4.79 Å². The molecule has 6 heteroatoms. The van der Waals surface area contributed by atoms with Gasteiger partial charge in [0.15, 0.2) is 0 Å². The van der Waals surface area contributed by atoms with E-state index in [1.165, 1.54) is 17.4 Å². The number of hydrogen-bond acceptors (Lipinski definition) is 3. The van der Waals surface area contributed by atoms with Crippen LogP contribution < -0.4 is 5.32 Å². The minimum atomic E-state index is -0.868. The molecule has 0 radical (unpaired) electrons. The fraction of sp³-hybridized carbons (Fsp3) is 0.158. The molecule has 1 N–H and O–H groups in total. The summed E-state index contributed by atoms with van der Waals surface area (Å²) in [6.45, 7) is 2.28. The lowest BCUT2D eigenvalue weighted by Gasteiger charge is -2.06. The number of hydrogen-bond donors (Lipinski definition) is 1. The Bertz CT molecular complexity index is 888. The van der Waals surface area contributed by atoms with Gasteiger partial charge in [0.05, 0.1) is 5.69 Å². The lowest BCUT2D eigenvalue weighted by Crippen LogP contribution is -2.27. The number of carbonyl (C=O) groups is 1. The van der Waals surface area contributed by atoms with Gasteiger partial charge in [-0.05, 0) is 25.1 Å². The molecule has 0 saturated carbocycles. The van der Waals surface area contributed by atoms with Crippen LogP contribution in [0.2, 0.25) is 0 Å². The lowest BCUT2D eigenvalue weighted by molar-refractivity contribution is 0.0945. The number of nitrogens with one attached hydrogen (secondary N) is 1. The van der Waals surface area contributed by atoms with Crippen molar-refractivity contribution in [1.82, 2.24) is 10.3 Å². The fourth-order valence-electron chi connectivity index (χ4n) is 2.44. The van der Waals surface area contributed by atoms with Crippen molar-refractivity contribution < 1.29 is 13.6 Å². The monoisotopic (exact) mass is 358 g/mol. The van der Waals surface area contributed by atoms with Crippen LogP contribution in [0.15, 0.2) is 47.8 Å². The Balaban J connectivity index is 1.61. The maximum absolute atomic E-state index is 13.6. The third-order valence-electron chi connectivity index (χ3n) is 3.67. The smallest absolute Gasteiger partial charge is 0.257 e. The molecule has 128 valence electrons. The number of thiazole rings is 1. The van der Waals surface area contributed by atoms with Crippen LogP contribution in [-0.2, 0) is 6.42 Å². The first kappa shape index (κ1) is 17.2. The van der Waals surface area contributed by atoms with Crippen LogP contribution in [0.1, 0.15) is 21.6 Å². The summed E-state index contributed by atoms with van der Waals surface area (Å²) in [6, 6.07) is 11.4.